The first kappa shape index (κ1) is 34.1. The predicted molar refractivity (Wildman–Crippen MR) is 225 cm³/mol. The van der Waals surface area contributed by atoms with E-state index < -0.39 is 0 Å². The maximum atomic E-state index is 2.31. The molecule has 0 saturated heterocycles. The Bertz CT molecular complexity index is 2130. The molecule has 0 N–H and O–H groups in total. The van der Waals surface area contributed by atoms with Gasteiger partial charge >= 0.3 is 0 Å². The summed E-state index contributed by atoms with van der Waals surface area (Å²) in [6, 6.07) is 60.7. The van der Waals surface area contributed by atoms with Crippen molar-refractivity contribution in [2.75, 3.05) is 9.80 Å². The molecule has 7 rings (SSSR count). The normalized spacial score (nSPS) is 11.3. The van der Waals surface area contributed by atoms with Crippen LogP contribution in [0.25, 0.3) is 24.3 Å². The summed E-state index contributed by atoms with van der Waals surface area (Å²) in [5.74, 6) is 0. The van der Waals surface area contributed by atoms with Crippen molar-refractivity contribution in [3.63, 3.8) is 0 Å². The third-order valence-electron chi connectivity index (χ3n) is 9.70. The van der Waals surface area contributed by atoms with Crippen LogP contribution in [0.2, 0.25) is 0 Å². The second-order valence-corrected chi connectivity index (χ2v) is 13.4. The van der Waals surface area contributed by atoms with Crippen molar-refractivity contribution in [3.05, 3.63) is 214 Å². The molecule has 0 radical (unpaired) electrons. The summed E-state index contributed by atoms with van der Waals surface area (Å²) in [5.41, 5.74) is 16.7. The quantitative estimate of drug-likeness (QED) is 0.133. The molecule has 0 atom stereocenters. The second-order valence-electron chi connectivity index (χ2n) is 13.4. The molecule has 0 aromatic heterocycles. The van der Waals surface area contributed by atoms with Gasteiger partial charge in [-0.2, -0.15) is 0 Å². The lowest BCUT2D eigenvalue weighted by Gasteiger charge is -2.26. The van der Waals surface area contributed by atoms with Crippen LogP contribution in [0.4, 0.5) is 34.1 Å². The number of hydrogen-bond donors (Lipinski definition) is 0. The second kappa shape index (κ2) is 15.7. The number of nitrogens with zero attached hydrogens (tertiary/aromatic N) is 2. The first-order valence-corrected chi connectivity index (χ1v) is 17.9. The third kappa shape index (κ3) is 7.98. The van der Waals surface area contributed by atoms with Crippen molar-refractivity contribution in [3.8, 4) is 0 Å². The molecule has 2 heteroatoms. The van der Waals surface area contributed by atoms with Gasteiger partial charge in [0, 0.05) is 34.1 Å². The molecular formula is C50H44N2. The first-order chi connectivity index (χ1) is 25.4. The van der Waals surface area contributed by atoms with Crippen molar-refractivity contribution in [2.24, 2.45) is 0 Å². The van der Waals surface area contributed by atoms with Crippen molar-refractivity contribution >= 4 is 58.4 Å². The van der Waals surface area contributed by atoms with E-state index in [0.717, 1.165) is 45.3 Å². The summed E-state index contributed by atoms with van der Waals surface area (Å²) < 4.78 is 0. The van der Waals surface area contributed by atoms with Gasteiger partial charge in [0.05, 0.1) is 0 Å². The Balaban J connectivity index is 1.03. The van der Waals surface area contributed by atoms with E-state index in [0.29, 0.717) is 0 Å². The van der Waals surface area contributed by atoms with E-state index in [2.05, 4.69) is 232 Å². The zero-order chi connectivity index (χ0) is 35.9. The Morgan fingerprint density at radius 3 is 0.846 bits per heavy atom. The number of anilines is 6. The predicted octanol–water partition coefficient (Wildman–Crippen LogP) is 14.2. The van der Waals surface area contributed by atoms with Gasteiger partial charge in [0.15, 0.2) is 0 Å². The highest BCUT2D eigenvalue weighted by Crippen LogP contribution is 2.37. The third-order valence-corrected chi connectivity index (χ3v) is 9.70. The van der Waals surface area contributed by atoms with Crippen LogP contribution in [0.5, 0.6) is 0 Å². The topological polar surface area (TPSA) is 6.48 Å². The average Bonchev–Trinajstić information content (AvgIpc) is 3.18. The smallest absolute Gasteiger partial charge is 0.0464 e. The van der Waals surface area contributed by atoms with E-state index in [1.807, 2.05) is 0 Å². The van der Waals surface area contributed by atoms with Gasteiger partial charge in [0.1, 0.15) is 0 Å². The lowest BCUT2D eigenvalue weighted by molar-refractivity contribution is 1.25. The molecule has 7 aromatic carbocycles. The molecule has 7 aromatic rings. The summed E-state index contributed by atoms with van der Waals surface area (Å²) in [5, 5.41) is 0. The summed E-state index contributed by atoms with van der Waals surface area (Å²) in [6.07, 6.45) is 8.70. The molecule has 52 heavy (non-hydrogen) atoms. The molecule has 0 spiro atoms. The van der Waals surface area contributed by atoms with E-state index in [9.17, 15) is 0 Å². The summed E-state index contributed by atoms with van der Waals surface area (Å²) in [6.45, 7) is 8.66. The Hall–Kier alpha value is -6.38. The van der Waals surface area contributed by atoms with Gasteiger partial charge in [0.2, 0.25) is 0 Å². The Labute approximate surface area is 309 Å². The van der Waals surface area contributed by atoms with Crippen LogP contribution in [0, 0.1) is 27.7 Å². The minimum Gasteiger partial charge on any atom is -0.310 e. The lowest BCUT2D eigenvalue weighted by Crippen LogP contribution is -2.10. The van der Waals surface area contributed by atoms with Gasteiger partial charge in [-0.3, -0.25) is 0 Å². The summed E-state index contributed by atoms with van der Waals surface area (Å²) >= 11 is 0. The Kier molecular flexibility index (Phi) is 10.3. The zero-order valence-electron chi connectivity index (χ0n) is 30.4. The average molecular weight is 673 g/mol. The number of aryl methyl sites for hydroxylation is 4. The van der Waals surface area contributed by atoms with Crippen LogP contribution < -0.4 is 9.80 Å². The molecule has 0 bridgehead atoms. The minimum atomic E-state index is 1.13. The molecule has 0 aliphatic rings. The highest BCUT2D eigenvalue weighted by molar-refractivity contribution is 5.80. The monoisotopic (exact) mass is 672 g/mol. The molecule has 0 aliphatic heterocycles. The molecule has 0 heterocycles. The number of hydrogen-bond acceptors (Lipinski definition) is 2. The maximum absolute atomic E-state index is 2.31. The molecule has 0 fully saturated rings. The fraction of sp³-hybridized carbons (Fsp3) is 0.0800. The van der Waals surface area contributed by atoms with Gasteiger partial charge in [-0.1, -0.05) is 121 Å². The van der Waals surface area contributed by atoms with Gasteiger partial charge in [-0.15, -0.1) is 0 Å². The van der Waals surface area contributed by atoms with E-state index in [1.54, 1.807) is 0 Å². The molecule has 0 saturated carbocycles. The minimum absolute atomic E-state index is 1.13. The number of rotatable bonds is 10. The summed E-state index contributed by atoms with van der Waals surface area (Å²) in [7, 11) is 0. The zero-order valence-corrected chi connectivity index (χ0v) is 30.4. The highest BCUT2D eigenvalue weighted by atomic mass is 15.1. The standard InChI is InChI=1S/C50H44N2/c1-37-15-29-49(35-39(37)3)51(45-11-7-5-8-12-45)47-31-25-43(26-32-47)23-21-41-17-19-42(20-18-41)22-24-44-27-33-48(34-28-44)52(46-13-9-6-10-14-46)50-30-16-38(2)40(4)36-50/h5-36H,1-4H3/b23-21+,24-22+. The number of para-hydroxylation sites is 2. The van der Waals surface area contributed by atoms with Crippen LogP contribution >= 0.6 is 0 Å². The number of benzene rings is 7. The highest BCUT2D eigenvalue weighted by Gasteiger charge is 2.14. The maximum Gasteiger partial charge on any atom is 0.0464 e. The van der Waals surface area contributed by atoms with Gasteiger partial charge < -0.3 is 9.80 Å². The van der Waals surface area contributed by atoms with E-state index in [1.165, 1.54) is 33.4 Å². The van der Waals surface area contributed by atoms with Crippen LogP contribution in [0.3, 0.4) is 0 Å². The first-order valence-electron chi connectivity index (χ1n) is 17.9. The van der Waals surface area contributed by atoms with E-state index in [4.69, 9.17) is 0 Å². The fourth-order valence-corrected chi connectivity index (χ4v) is 6.35. The van der Waals surface area contributed by atoms with Crippen molar-refractivity contribution in [1.82, 2.24) is 0 Å². The Morgan fingerprint density at radius 2 is 0.538 bits per heavy atom. The SMILES string of the molecule is Cc1ccc(N(c2ccccc2)c2ccc(/C=C/c3ccc(/C=C/c4ccc(N(c5ccccc5)c5ccc(C)c(C)c5)cc4)cc3)cc2)cc1C. The van der Waals surface area contributed by atoms with Gasteiger partial charge in [0.25, 0.3) is 0 Å². The van der Waals surface area contributed by atoms with Crippen LogP contribution in [0.15, 0.2) is 170 Å². The van der Waals surface area contributed by atoms with Gasteiger partial charge in [-0.05, 0) is 145 Å². The molecule has 2 nitrogen and oxygen atoms in total. The van der Waals surface area contributed by atoms with Crippen molar-refractivity contribution in [2.45, 2.75) is 27.7 Å². The lowest BCUT2D eigenvalue weighted by atomic mass is 10.1. The van der Waals surface area contributed by atoms with Crippen LogP contribution in [-0.2, 0) is 0 Å². The van der Waals surface area contributed by atoms with E-state index in [-0.39, 0.29) is 0 Å². The largest absolute Gasteiger partial charge is 0.310 e. The molecule has 0 unspecified atom stereocenters. The van der Waals surface area contributed by atoms with Crippen molar-refractivity contribution < 1.29 is 0 Å². The van der Waals surface area contributed by atoms with E-state index >= 15 is 0 Å². The van der Waals surface area contributed by atoms with Crippen LogP contribution in [0.1, 0.15) is 44.5 Å². The Morgan fingerprint density at radius 1 is 0.269 bits per heavy atom. The van der Waals surface area contributed by atoms with Gasteiger partial charge in [-0.25, -0.2) is 0 Å². The molecular weight excluding hydrogens is 629 g/mol. The summed E-state index contributed by atoms with van der Waals surface area (Å²) in [4.78, 5) is 4.62. The molecule has 254 valence electrons. The van der Waals surface area contributed by atoms with Crippen molar-refractivity contribution in [1.29, 1.82) is 0 Å². The molecule has 0 amide bonds. The fourth-order valence-electron chi connectivity index (χ4n) is 6.35. The van der Waals surface area contributed by atoms with Crippen LogP contribution in [-0.4, -0.2) is 0 Å². The molecule has 0 aliphatic carbocycles.